The fourth-order valence-electron chi connectivity index (χ4n) is 1.64. The first-order valence-corrected chi connectivity index (χ1v) is 8.35. The minimum atomic E-state index is -3.77. The smallest absolute Gasteiger partial charge is 0.242 e. The summed E-state index contributed by atoms with van der Waals surface area (Å²) in [7, 11) is -3.77. The van der Waals surface area contributed by atoms with Crippen molar-refractivity contribution in [3.8, 4) is 0 Å². The molecule has 0 spiro atoms. The van der Waals surface area contributed by atoms with Crippen LogP contribution >= 0.6 is 15.9 Å². The summed E-state index contributed by atoms with van der Waals surface area (Å²) in [6, 6.07) is 3.22. The molecule has 0 amide bonds. The number of hydrogen-bond acceptors (Lipinski definition) is 3. The molecule has 108 valence electrons. The predicted octanol–water partition coefficient (Wildman–Crippen LogP) is 2.38. The largest absolute Gasteiger partial charge is 0.329 e. The lowest BCUT2D eigenvalue weighted by atomic mass is 10.1. The molecule has 3 N–H and O–H groups in total. The Hall–Kier alpha value is -0.500. The van der Waals surface area contributed by atoms with E-state index < -0.39 is 15.8 Å². The van der Waals surface area contributed by atoms with Gasteiger partial charge in [-0.1, -0.05) is 19.8 Å². The van der Waals surface area contributed by atoms with Crippen LogP contribution in [0.3, 0.4) is 0 Å². The van der Waals surface area contributed by atoms with Crippen molar-refractivity contribution in [2.45, 2.75) is 37.1 Å². The molecule has 0 saturated heterocycles. The van der Waals surface area contributed by atoms with Gasteiger partial charge in [0.05, 0.1) is 4.90 Å². The minimum absolute atomic E-state index is 0.109. The Kier molecular flexibility index (Phi) is 6.38. The van der Waals surface area contributed by atoms with Crippen molar-refractivity contribution in [3.05, 3.63) is 28.5 Å². The Morgan fingerprint density at radius 2 is 2.16 bits per heavy atom. The van der Waals surface area contributed by atoms with Gasteiger partial charge in [0.15, 0.2) is 0 Å². The molecule has 4 nitrogen and oxygen atoms in total. The van der Waals surface area contributed by atoms with Crippen molar-refractivity contribution >= 4 is 26.0 Å². The van der Waals surface area contributed by atoms with Gasteiger partial charge in [0.1, 0.15) is 5.82 Å². The second-order valence-electron chi connectivity index (χ2n) is 4.27. The fraction of sp³-hybridized carbons (Fsp3) is 0.500. The lowest BCUT2D eigenvalue weighted by molar-refractivity contribution is 0.515. The van der Waals surface area contributed by atoms with Gasteiger partial charge in [-0.05, 0) is 40.5 Å². The van der Waals surface area contributed by atoms with Gasteiger partial charge < -0.3 is 5.73 Å². The number of nitrogens with one attached hydrogen (secondary N) is 1. The van der Waals surface area contributed by atoms with Crippen LogP contribution < -0.4 is 10.5 Å². The summed E-state index contributed by atoms with van der Waals surface area (Å²) in [5.74, 6) is -0.596. The molecule has 0 radical (unpaired) electrons. The van der Waals surface area contributed by atoms with Crippen molar-refractivity contribution in [2.75, 3.05) is 6.54 Å². The number of halogens is 2. The highest BCUT2D eigenvalue weighted by Crippen LogP contribution is 2.23. The highest BCUT2D eigenvalue weighted by atomic mass is 79.9. The molecule has 19 heavy (non-hydrogen) atoms. The van der Waals surface area contributed by atoms with Crippen molar-refractivity contribution in [1.29, 1.82) is 0 Å². The van der Waals surface area contributed by atoms with Crippen molar-refractivity contribution < 1.29 is 12.8 Å². The summed E-state index contributed by atoms with van der Waals surface area (Å²) < 4.78 is 40.3. The van der Waals surface area contributed by atoms with Crippen LogP contribution in [0.25, 0.3) is 0 Å². The molecule has 7 heteroatoms. The first kappa shape index (κ1) is 16.6. The second-order valence-corrected chi connectivity index (χ2v) is 6.81. The van der Waals surface area contributed by atoms with Crippen LogP contribution in [0.1, 0.15) is 26.2 Å². The predicted molar refractivity (Wildman–Crippen MR) is 76.8 cm³/mol. The maximum atomic E-state index is 13.2. The third kappa shape index (κ3) is 4.83. The molecule has 1 unspecified atom stereocenters. The van der Waals surface area contributed by atoms with Crippen molar-refractivity contribution in [1.82, 2.24) is 4.72 Å². The number of unbranched alkanes of at least 4 members (excludes halogenated alkanes) is 1. The summed E-state index contributed by atoms with van der Waals surface area (Å²) in [5.41, 5.74) is 5.55. The third-order valence-electron chi connectivity index (χ3n) is 2.70. The van der Waals surface area contributed by atoms with Crippen LogP contribution in [0.2, 0.25) is 0 Å². The van der Waals surface area contributed by atoms with E-state index in [-0.39, 0.29) is 17.5 Å². The van der Waals surface area contributed by atoms with E-state index in [0.29, 0.717) is 10.9 Å². The zero-order valence-corrected chi connectivity index (χ0v) is 13.1. The van der Waals surface area contributed by atoms with E-state index in [4.69, 9.17) is 5.73 Å². The summed E-state index contributed by atoms with van der Waals surface area (Å²) in [6.45, 7) is 2.23. The summed E-state index contributed by atoms with van der Waals surface area (Å²) in [5, 5.41) is 0. The van der Waals surface area contributed by atoms with E-state index in [2.05, 4.69) is 20.7 Å². The minimum Gasteiger partial charge on any atom is -0.329 e. The maximum absolute atomic E-state index is 13.2. The molecule has 1 rings (SSSR count). The number of nitrogens with two attached hydrogens (primary N) is 1. The Morgan fingerprint density at radius 1 is 1.47 bits per heavy atom. The van der Waals surface area contributed by atoms with E-state index in [9.17, 15) is 12.8 Å². The quantitative estimate of drug-likeness (QED) is 0.791. The fourth-order valence-corrected chi connectivity index (χ4v) is 3.90. The maximum Gasteiger partial charge on any atom is 0.242 e. The normalized spacial score (nSPS) is 13.5. The van der Waals surface area contributed by atoms with E-state index in [1.165, 1.54) is 12.1 Å². The van der Waals surface area contributed by atoms with Gasteiger partial charge in [0.2, 0.25) is 10.0 Å². The molecule has 0 saturated carbocycles. The molecule has 0 aliphatic carbocycles. The molecule has 0 bridgehead atoms. The van der Waals surface area contributed by atoms with Gasteiger partial charge in [0.25, 0.3) is 0 Å². The Morgan fingerprint density at radius 3 is 2.74 bits per heavy atom. The first-order valence-electron chi connectivity index (χ1n) is 6.08. The first-order chi connectivity index (χ1) is 8.90. The van der Waals surface area contributed by atoms with Crippen molar-refractivity contribution in [3.63, 3.8) is 0 Å². The van der Waals surface area contributed by atoms with Gasteiger partial charge in [-0.15, -0.1) is 0 Å². The van der Waals surface area contributed by atoms with Gasteiger partial charge >= 0.3 is 0 Å². The monoisotopic (exact) mass is 352 g/mol. The summed E-state index contributed by atoms with van der Waals surface area (Å²) >= 11 is 3.11. The molecule has 0 aromatic heterocycles. The molecule has 0 heterocycles. The van der Waals surface area contributed by atoms with Gasteiger partial charge in [-0.25, -0.2) is 17.5 Å². The van der Waals surface area contributed by atoms with E-state index in [0.717, 1.165) is 18.9 Å². The van der Waals surface area contributed by atoms with Crippen molar-refractivity contribution in [2.24, 2.45) is 5.73 Å². The number of benzene rings is 1. The second kappa shape index (κ2) is 7.33. The Balaban J connectivity index is 2.93. The van der Waals surface area contributed by atoms with Gasteiger partial charge in [-0.2, -0.15) is 0 Å². The Labute approximate surface area is 121 Å². The van der Waals surface area contributed by atoms with Crippen LogP contribution in [-0.4, -0.2) is 21.0 Å². The van der Waals surface area contributed by atoms with Crippen LogP contribution in [0.15, 0.2) is 27.6 Å². The average Bonchev–Trinajstić information content (AvgIpc) is 2.37. The lowest BCUT2D eigenvalue weighted by Gasteiger charge is -2.17. The van der Waals surface area contributed by atoms with E-state index >= 15 is 0 Å². The van der Waals surface area contributed by atoms with Gasteiger partial charge in [-0.3, -0.25) is 0 Å². The number of rotatable bonds is 7. The zero-order valence-electron chi connectivity index (χ0n) is 10.7. The van der Waals surface area contributed by atoms with Gasteiger partial charge in [0, 0.05) is 17.1 Å². The standard InChI is InChI=1S/C12H18BrFN2O2S/c1-2-3-4-10(8-15)16-19(17,18)12-7-9(14)5-6-11(12)13/h5-7,10,16H,2-4,8,15H2,1H3. The zero-order chi connectivity index (χ0) is 14.5. The van der Waals surface area contributed by atoms with Crippen LogP contribution in [-0.2, 0) is 10.0 Å². The van der Waals surface area contributed by atoms with Crippen LogP contribution in [0.4, 0.5) is 4.39 Å². The van der Waals surface area contributed by atoms with E-state index in [1.807, 2.05) is 6.92 Å². The molecule has 0 aliphatic rings. The van der Waals surface area contributed by atoms with E-state index in [1.54, 1.807) is 0 Å². The van der Waals surface area contributed by atoms with Crippen LogP contribution in [0, 0.1) is 5.82 Å². The molecule has 0 fully saturated rings. The highest BCUT2D eigenvalue weighted by molar-refractivity contribution is 9.10. The highest BCUT2D eigenvalue weighted by Gasteiger charge is 2.22. The third-order valence-corrected chi connectivity index (χ3v) is 5.21. The van der Waals surface area contributed by atoms with Crippen LogP contribution in [0.5, 0.6) is 0 Å². The number of sulfonamides is 1. The average molecular weight is 353 g/mol. The molecular weight excluding hydrogens is 335 g/mol. The summed E-state index contributed by atoms with van der Waals surface area (Å²) in [6.07, 6.45) is 2.51. The molecule has 1 aromatic rings. The Bertz CT molecular complexity index is 522. The molecule has 1 aromatic carbocycles. The molecule has 1 atom stereocenters. The summed E-state index contributed by atoms with van der Waals surface area (Å²) in [4.78, 5) is -0.109. The topological polar surface area (TPSA) is 72.2 Å². The molecule has 0 aliphatic heterocycles. The molecular formula is C12H18BrFN2O2S. The lowest BCUT2D eigenvalue weighted by Crippen LogP contribution is -2.40. The number of hydrogen-bond donors (Lipinski definition) is 2. The SMILES string of the molecule is CCCCC(CN)NS(=O)(=O)c1cc(F)ccc1Br.